The minimum absolute atomic E-state index is 0.239. The summed E-state index contributed by atoms with van der Waals surface area (Å²) in [6.07, 6.45) is 3.00. The number of carbonyl (C=O) groups is 1. The van der Waals surface area contributed by atoms with Crippen LogP contribution in [0.4, 0.5) is 5.95 Å². The van der Waals surface area contributed by atoms with Crippen LogP contribution in [0.2, 0.25) is 0 Å². The quantitative estimate of drug-likeness (QED) is 0.802. The summed E-state index contributed by atoms with van der Waals surface area (Å²) >= 11 is 0. The van der Waals surface area contributed by atoms with E-state index in [0.717, 1.165) is 11.1 Å². The molecule has 0 unspecified atom stereocenters. The van der Waals surface area contributed by atoms with Gasteiger partial charge in [0.2, 0.25) is 5.95 Å². The number of rotatable bonds is 4. The zero-order valence-corrected chi connectivity index (χ0v) is 12.6. The van der Waals surface area contributed by atoms with Gasteiger partial charge in [0.05, 0.1) is 19.5 Å². The molecule has 5 heteroatoms. The lowest BCUT2D eigenvalue weighted by molar-refractivity contribution is 0.102. The Morgan fingerprint density at radius 3 is 2.13 bits per heavy atom. The summed E-state index contributed by atoms with van der Waals surface area (Å²) in [6, 6.07) is 17.4. The van der Waals surface area contributed by atoms with E-state index in [4.69, 9.17) is 4.74 Å². The van der Waals surface area contributed by atoms with Gasteiger partial charge in [-0.1, -0.05) is 42.5 Å². The van der Waals surface area contributed by atoms with Gasteiger partial charge in [0.15, 0.2) is 5.75 Å². The molecule has 0 saturated heterocycles. The molecule has 0 spiro atoms. The van der Waals surface area contributed by atoms with Gasteiger partial charge in [-0.15, -0.1) is 0 Å². The number of methoxy groups -OCH3 is 1. The zero-order valence-electron chi connectivity index (χ0n) is 12.6. The second-order valence-electron chi connectivity index (χ2n) is 4.84. The Morgan fingerprint density at radius 1 is 0.913 bits per heavy atom. The van der Waals surface area contributed by atoms with Crippen LogP contribution < -0.4 is 10.1 Å². The van der Waals surface area contributed by atoms with Crippen molar-refractivity contribution in [1.82, 2.24) is 9.97 Å². The van der Waals surface area contributed by atoms with Crippen LogP contribution in [0.25, 0.3) is 11.1 Å². The lowest BCUT2D eigenvalue weighted by atomic mass is 10.0. The third-order valence-electron chi connectivity index (χ3n) is 3.34. The molecule has 0 bridgehead atoms. The van der Waals surface area contributed by atoms with E-state index in [1.54, 1.807) is 12.1 Å². The number of ether oxygens (including phenoxy) is 1. The van der Waals surface area contributed by atoms with E-state index in [0.29, 0.717) is 11.3 Å². The highest BCUT2D eigenvalue weighted by Gasteiger charge is 2.08. The van der Waals surface area contributed by atoms with E-state index < -0.39 is 0 Å². The number of nitrogens with zero attached hydrogens (tertiary/aromatic N) is 2. The number of hydrogen-bond donors (Lipinski definition) is 1. The first-order valence-corrected chi connectivity index (χ1v) is 7.09. The minimum Gasteiger partial charge on any atom is -0.494 e. The summed E-state index contributed by atoms with van der Waals surface area (Å²) in [6.45, 7) is 0. The number of aromatic nitrogens is 2. The molecule has 2 aromatic carbocycles. The molecule has 5 nitrogen and oxygen atoms in total. The van der Waals surface area contributed by atoms with E-state index >= 15 is 0 Å². The molecule has 0 radical (unpaired) electrons. The number of benzene rings is 2. The maximum absolute atomic E-state index is 12.2. The van der Waals surface area contributed by atoms with E-state index in [1.165, 1.54) is 19.5 Å². The van der Waals surface area contributed by atoms with Crippen molar-refractivity contribution in [2.45, 2.75) is 0 Å². The van der Waals surface area contributed by atoms with E-state index in [9.17, 15) is 4.79 Å². The fraction of sp³-hybridized carbons (Fsp3) is 0.0556. The number of carbonyl (C=O) groups excluding carboxylic acids is 1. The van der Waals surface area contributed by atoms with Crippen molar-refractivity contribution >= 4 is 11.9 Å². The van der Waals surface area contributed by atoms with E-state index in [-0.39, 0.29) is 11.9 Å². The van der Waals surface area contributed by atoms with E-state index in [1.807, 2.05) is 42.5 Å². The van der Waals surface area contributed by atoms with Gasteiger partial charge in [-0.05, 0) is 23.3 Å². The van der Waals surface area contributed by atoms with Gasteiger partial charge >= 0.3 is 0 Å². The molecule has 1 amide bonds. The normalized spacial score (nSPS) is 10.1. The Hall–Kier alpha value is -3.21. The molecule has 0 fully saturated rings. The molecule has 3 rings (SSSR count). The Balaban J connectivity index is 1.72. The number of hydrogen-bond acceptors (Lipinski definition) is 4. The smallest absolute Gasteiger partial charge is 0.258 e. The summed E-state index contributed by atoms with van der Waals surface area (Å²) < 4.78 is 4.98. The summed E-state index contributed by atoms with van der Waals surface area (Å²) in [4.78, 5) is 20.2. The predicted molar refractivity (Wildman–Crippen MR) is 88.4 cm³/mol. The average Bonchev–Trinajstić information content (AvgIpc) is 2.63. The molecule has 23 heavy (non-hydrogen) atoms. The van der Waals surface area contributed by atoms with Crippen molar-refractivity contribution in [1.29, 1.82) is 0 Å². The fourth-order valence-electron chi connectivity index (χ4n) is 2.10. The second kappa shape index (κ2) is 6.70. The molecule has 1 heterocycles. The molecule has 3 aromatic rings. The summed E-state index contributed by atoms with van der Waals surface area (Å²) in [5.41, 5.74) is 2.71. The molecular formula is C18H15N3O2. The topological polar surface area (TPSA) is 64.1 Å². The number of nitrogens with one attached hydrogen (secondary N) is 1. The van der Waals surface area contributed by atoms with Crippen LogP contribution in [0.15, 0.2) is 67.0 Å². The van der Waals surface area contributed by atoms with Gasteiger partial charge in [0.1, 0.15) is 0 Å². The maximum Gasteiger partial charge on any atom is 0.258 e. The van der Waals surface area contributed by atoms with Crippen molar-refractivity contribution in [2.24, 2.45) is 0 Å². The fourth-order valence-corrected chi connectivity index (χ4v) is 2.10. The monoisotopic (exact) mass is 305 g/mol. The van der Waals surface area contributed by atoms with Crippen LogP contribution in [0.3, 0.4) is 0 Å². The van der Waals surface area contributed by atoms with Crippen molar-refractivity contribution in [3.63, 3.8) is 0 Å². The number of amides is 1. The van der Waals surface area contributed by atoms with Crippen LogP contribution in [0, 0.1) is 0 Å². The summed E-state index contributed by atoms with van der Waals surface area (Å²) in [5.74, 6) is 0.521. The van der Waals surface area contributed by atoms with Gasteiger partial charge in [0, 0.05) is 5.56 Å². The number of anilines is 1. The molecule has 1 aromatic heterocycles. The first kappa shape index (κ1) is 14.7. The van der Waals surface area contributed by atoms with Crippen LogP contribution in [-0.2, 0) is 0 Å². The Kier molecular flexibility index (Phi) is 4.29. The minimum atomic E-state index is -0.255. The van der Waals surface area contributed by atoms with Crippen molar-refractivity contribution in [2.75, 3.05) is 12.4 Å². The van der Waals surface area contributed by atoms with Crippen LogP contribution in [0.5, 0.6) is 5.75 Å². The Bertz CT molecular complexity index is 785. The second-order valence-corrected chi connectivity index (χ2v) is 4.84. The highest BCUT2D eigenvalue weighted by molar-refractivity contribution is 6.03. The third-order valence-corrected chi connectivity index (χ3v) is 3.34. The Morgan fingerprint density at radius 2 is 1.52 bits per heavy atom. The van der Waals surface area contributed by atoms with Crippen LogP contribution >= 0.6 is 0 Å². The maximum atomic E-state index is 12.2. The third kappa shape index (κ3) is 3.52. The highest BCUT2D eigenvalue weighted by atomic mass is 16.5. The predicted octanol–water partition coefficient (Wildman–Crippen LogP) is 3.40. The van der Waals surface area contributed by atoms with Gasteiger partial charge < -0.3 is 4.74 Å². The van der Waals surface area contributed by atoms with Crippen molar-refractivity contribution < 1.29 is 9.53 Å². The summed E-state index contributed by atoms with van der Waals surface area (Å²) in [5, 5.41) is 2.65. The average molecular weight is 305 g/mol. The van der Waals surface area contributed by atoms with Crippen LogP contribution in [-0.4, -0.2) is 23.0 Å². The van der Waals surface area contributed by atoms with Crippen LogP contribution in [0.1, 0.15) is 10.4 Å². The molecule has 114 valence electrons. The standard InChI is InChI=1S/C18H15N3O2/c1-23-16-11-19-18(20-12-16)21-17(22)15-9-7-14(8-10-15)13-5-3-2-4-6-13/h2-12H,1H3,(H,19,20,21,22). The van der Waals surface area contributed by atoms with Crippen molar-refractivity contribution in [3.8, 4) is 16.9 Å². The van der Waals surface area contributed by atoms with Crippen molar-refractivity contribution in [3.05, 3.63) is 72.6 Å². The summed E-state index contributed by atoms with van der Waals surface area (Å²) in [7, 11) is 1.53. The van der Waals surface area contributed by atoms with E-state index in [2.05, 4.69) is 15.3 Å². The molecule has 0 aliphatic rings. The zero-order chi connectivity index (χ0) is 16.1. The van der Waals surface area contributed by atoms with Gasteiger partial charge in [-0.25, -0.2) is 9.97 Å². The first-order valence-electron chi connectivity index (χ1n) is 7.09. The lowest BCUT2D eigenvalue weighted by Crippen LogP contribution is -2.13. The van der Waals surface area contributed by atoms with Gasteiger partial charge in [-0.2, -0.15) is 0 Å². The molecule has 0 aliphatic carbocycles. The SMILES string of the molecule is COc1cnc(NC(=O)c2ccc(-c3ccccc3)cc2)nc1. The molecule has 0 atom stereocenters. The van der Waals surface area contributed by atoms with Gasteiger partial charge in [0.25, 0.3) is 5.91 Å². The molecular weight excluding hydrogens is 290 g/mol. The molecule has 1 N–H and O–H groups in total. The Labute approximate surface area is 134 Å². The first-order chi connectivity index (χ1) is 11.3. The molecule has 0 aliphatic heterocycles. The largest absolute Gasteiger partial charge is 0.494 e. The molecule has 0 saturated carbocycles. The van der Waals surface area contributed by atoms with Gasteiger partial charge in [-0.3, -0.25) is 10.1 Å². The lowest BCUT2D eigenvalue weighted by Gasteiger charge is -2.06. The highest BCUT2D eigenvalue weighted by Crippen LogP contribution is 2.19.